The van der Waals surface area contributed by atoms with Crippen LogP contribution in [-0.2, 0) is 6.54 Å². The predicted octanol–water partition coefficient (Wildman–Crippen LogP) is 1.31. The monoisotopic (exact) mass is 220 g/mol. The molecule has 0 aliphatic heterocycles. The van der Waals surface area contributed by atoms with Crippen molar-refractivity contribution in [1.29, 1.82) is 5.41 Å². The number of hydrogen-bond donors (Lipinski definition) is 2. The van der Waals surface area contributed by atoms with Gasteiger partial charge in [-0.2, -0.15) is 18.3 Å². The molecule has 3 N–H and O–H groups in total. The summed E-state index contributed by atoms with van der Waals surface area (Å²) in [5.74, 6) is -2.87. The number of halogens is 3. The van der Waals surface area contributed by atoms with E-state index in [2.05, 4.69) is 5.10 Å². The van der Waals surface area contributed by atoms with Gasteiger partial charge >= 0.3 is 6.18 Å². The molecule has 0 radical (unpaired) electrons. The van der Waals surface area contributed by atoms with Gasteiger partial charge < -0.3 is 5.73 Å². The molecule has 7 heteroatoms. The molecule has 0 amide bonds. The number of nitrogens with one attached hydrogen (secondary N) is 1. The lowest BCUT2D eigenvalue weighted by molar-refractivity contribution is -0.159. The van der Waals surface area contributed by atoms with Crippen LogP contribution in [0.4, 0.5) is 13.2 Å². The third-order valence-electron chi connectivity index (χ3n) is 1.90. The highest BCUT2D eigenvalue weighted by Gasteiger charge is 2.42. The first kappa shape index (κ1) is 11.5. The summed E-state index contributed by atoms with van der Waals surface area (Å²) in [7, 11) is 0. The average molecular weight is 220 g/mol. The standard InChI is InChI=1S/C8H11F3N4/c1-5-2-14-15(3-5)4-6(7(12)13)8(9,10)11/h2-3,6H,4H2,1H3,(H3,12,13). The van der Waals surface area contributed by atoms with Crippen molar-refractivity contribution in [2.75, 3.05) is 0 Å². The smallest absolute Gasteiger partial charge is 0.387 e. The Morgan fingerprint density at radius 2 is 2.27 bits per heavy atom. The first-order chi connectivity index (χ1) is 6.80. The molecule has 0 aliphatic rings. The zero-order valence-corrected chi connectivity index (χ0v) is 8.04. The van der Waals surface area contributed by atoms with Gasteiger partial charge in [0, 0.05) is 6.20 Å². The summed E-state index contributed by atoms with van der Waals surface area (Å²) in [5, 5.41) is 10.6. The first-order valence-corrected chi connectivity index (χ1v) is 4.20. The molecule has 84 valence electrons. The van der Waals surface area contributed by atoms with Crippen LogP contribution in [0.2, 0.25) is 0 Å². The maximum absolute atomic E-state index is 12.4. The molecular formula is C8H11F3N4. The van der Waals surface area contributed by atoms with Crippen molar-refractivity contribution in [3.63, 3.8) is 0 Å². The number of hydrogen-bond acceptors (Lipinski definition) is 2. The summed E-state index contributed by atoms with van der Waals surface area (Å²) in [4.78, 5) is 0. The van der Waals surface area contributed by atoms with Crippen LogP contribution in [-0.4, -0.2) is 21.8 Å². The van der Waals surface area contributed by atoms with E-state index in [0.717, 1.165) is 10.2 Å². The normalized spacial score (nSPS) is 13.9. The molecule has 1 heterocycles. The predicted molar refractivity (Wildman–Crippen MR) is 48.4 cm³/mol. The summed E-state index contributed by atoms with van der Waals surface area (Å²) in [5.41, 5.74) is 5.66. The van der Waals surface area contributed by atoms with E-state index in [4.69, 9.17) is 11.1 Å². The highest BCUT2D eigenvalue weighted by atomic mass is 19.4. The molecule has 1 rings (SSSR count). The van der Waals surface area contributed by atoms with Gasteiger partial charge in [0.15, 0.2) is 0 Å². The fourth-order valence-corrected chi connectivity index (χ4v) is 1.13. The van der Waals surface area contributed by atoms with Crippen molar-refractivity contribution in [1.82, 2.24) is 9.78 Å². The van der Waals surface area contributed by atoms with Crippen molar-refractivity contribution >= 4 is 5.84 Å². The van der Waals surface area contributed by atoms with Crippen LogP contribution in [0.1, 0.15) is 5.56 Å². The lowest BCUT2D eigenvalue weighted by Gasteiger charge is -2.18. The Hall–Kier alpha value is -1.53. The van der Waals surface area contributed by atoms with E-state index in [9.17, 15) is 13.2 Å². The average Bonchev–Trinajstić information content (AvgIpc) is 2.44. The quantitative estimate of drug-likeness (QED) is 0.595. The maximum atomic E-state index is 12.4. The molecule has 0 bridgehead atoms. The minimum absolute atomic E-state index is 0.452. The minimum Gasteiger partial charge on any atom is -0.387 e. The Morgan fingerprint density at radius 3 is 2.60 bits per heavy atom. The van der Waals surface area contributed by atoms with Crippen LogP contribution >= 0.6 is 0 Å². The van der Waals surface area contributed by atoms with Gasteiger partial charge in [0.05, 0.1) is 12.7 Å². The van der Waals surface area contributed by atoms with E-state index in [0.29, 0.717) is 0 Å². The summed E-state index contributed by atoms with van der Waals surface area (Å²) in [6.45, 7) is 1.27. The third kappa shape index (κ3) is 2.97. The molecule has 1 unspecified atom stereocenters. The Labute approximate surface area is 84.4 Å². The second kappa shape index (κ2) is 3.92. The van der Waals surface area contributed by atoms with Crippen molar-refractivity contribution in [2.24, 2.45) is 11.7 Å². The molecule has 4 nitrogen and oxygen atoms in total. The number of nitrogens with two attached hydrogens (primary N) is 1. The van der Waals surface area contributed by atoms with Gasteiger partial charge in [0.1, 0.15) is 11.8 Å². The van der Waals surface area contributed by atoms with E-state index in [1.54, 1.807) is 6.92 Å². The van der Waals surface area contributed by atoms with Crippen LogP contribution in [0.25, 0.3) is 0 Å². The molecule has 1 atom stereocenters. The summed E-state index contributed by atoms with van der Waals surface area (Å²) in [6.07, 6.45) is -1.58. The second-order valence-electron chi connectivity index (χ2n) is 3.29. The molecule has 0 saturated carbocycles. The van der Waals surface area contributed by atoms with E-state index < -0.39 is 24.5 Å². The number of rotatable bonds is 3. The second-order valence-corrected chi connectivity index (χ2v) is 3.29. The van der Waals surface area contributed by atoms with Crippen molar-refractivity contribution in [3.8, 4) is 0 Å². The highest BCUT2D eigenvalue weighted by Crippen LogP contribution is 2.27. The number of nitrogens with zero attached hydrogens (tertiary/aromatic N) is 2. The Bertz CT molecular complexity index is 355. The van der Waals surface area contributed by atoms with E-state index in [-0.39, 0.29) is 0 Å². The van der Waals surface area contributed by atoms with Crippen LogP contribution < -0.4 is 5.73 Å². The van der Waals surface area contributed by atoms with Crippen LogP contribution in [0.15, 0.2) is 12.4 Å². The van der Waals surface area contributed by atoms with Crippen molar-refractivity contribution in [2.45, 2.75) is 19.6 Å². The van der Waals surface area contributed by atoms with E-state index in [1.807, 2.05) is 0 Å². The number of aromatic nitrogens is 2. The molecule has 0 fully saturated rings. The van der Waals surface area contributed by atoms with Crippen LogP contribution in [0.5, 0.6) is 0 Å². The number of aryl methyl sites for hydroxylation is 1. The molecule has 15 heavy (non-hydrogen) atoms. The fourth-order valence-electron chi connectivity index (χ4n) is 1.13. The van der Waals surface area contributed by atoms with Gasteiger partial charge in [-0.1, -0.05) is 0 Å². The van der Waals surface area contributed by atoms with Crippen molar-refractivity contribution in [3.05, 3.63) is 18.0 Å². The van der Waals surface area contributed by atoms with Crippen LogP contribution in [0.3, 0.4) is 0 Å². The third-order valence-corrected chi connectivity index (χ3v) is 1.90. The first-order valence-electron chi connectivity index (χ1n) is 4.20. The SMILES string of the molecule is Cc1cnn(CC(C(=N)N)C(F)(F)F)c1. The molecule has 0 saturated heterocycles. The van der Waals surface area contributed by atoms with Gasteiger partial charge in [-0.15, -0.1) is 0 Å². The largest absolute Gasteiger partial charge is 0.400 e. The number of alkyl halides is 3. The molecule has 1 aromatic rings. The maximum Gasteiger partial charge on any atom is 0.400 e. The summed E-state index contributed by atoms with van der Waals surface area (Å²) < 4.78 is 38.3. The van der Waals surface area contributed by atoms with Gasteiger partial charge in [0.2, 0.25) is 0 Å². The fraction of sp³-hybridized carbons (Fsp3) is 0.500. The topological polar surface area (TPSA) is 67.7 Å². The molecular weight excluding hydrogens is 209 g/mol. The van der Waals surface area contributed by atoms with Gasteiger partial charge in [0.25, 0.3) is 0 Å². The molecule has 0 aromatic carbocycles. The Morgan fingerprint density at radius 1 is 1.67 bits per heavy atom. The zero-order valence-electron chi connectivity index (χ0n) is 8.04. The highest BCUT2D eigenvalue weighted by molar-refractivity contribution is 5.80. The van der Waals surface area contributed by atoms with Gasteiger partial charge in [-0.05, 0) is 12.5 Å². The van der Waals surface area contributed by atoms with E-state index >= 15 is 0 Å². The molecule has 0 spiro atoms. The lowest BCUT2D eigenvalue weighted by Crippen LogP contribution is -2.38. The van der Waals surface area contributed by atoms with E-state index in [1.165, 1.54) is 12.4 Å². The van der Waals surface area contributed by atoms with Gasteiger partial charge in [-0.3, -0.25) is 10.1 Å². The lowest BCUT2D eigenvalue weighted by atomic mass is 10.1. The zero-order chi connectivity index (χ0) is 11.6. The molecule has 1 aromatic heterocycles. The summed E-state index contributed by atoms with van der Waals surface area (Å²) in [6, 6.07) is 0. The minimum atomic E-state index is -4.51. The van der Waals surface area contributed by atoms with Crippen molar-refractivity contribution < 1.29 is 13.2 Å². The summed E-state index contributed by atoms with van der Waals surface area (Å²) >= 11 is 0. The number of amidine groups is 1. The Balaban J connectivity index is 2.81. The molecule has 0 aliphatic carbocycles. The van der Waals surface area contributed by atoms with Crippen LogP contribution in [0, 0.1) is 18.3 Å². The Kier molecular flexibility index (Phi) is 3.01. The van der Waals surface area contributed by atoms with Gasteiger partial charge in [-0.25, -0.2) is 0 Å².